The topological polar surface area (TPSA) is 104 Å². The third-order valence-electron chi connectivity index (χ3n) is 2.87. The van der Waals surface area contributed by atoms with Crippen LogP contribution in [-0.2, 0) is 21.2 Å². The number of amides is 1. The molecular formula is C12H18N2O5S2. The zero-order chi connectivity index (χ0) is 16.2. The molecule has 1 rings (SSSR count). The van der Waals surface area contributed by atoms with Gasteiger partial charge in [0.1, 0.15) is 6.04 Å². The monoisotopic (exact) mass is 334 g/mol. The lowest BCUT2D eigenvalue weighted by atomic mass is 10.3. The first-order valence-corrected chi connectivity index (χ1v) is 8.86. The molecule has 2 N–H and O–H groups in total. The number of carboxylic acid groups (broad SMARTS) is 1. The molecule has 1 aromatic rings. The number of thiophene rings is 1. The van der Waals surface area contributed by atoms with E-state index in [0.717, 1.165) is 16.0 Å². The Bertz CT molecular complexity index is 623. The number of likely N-dealkylation sites (N-methyl/N-ethyl adjacent to an activating group) is 1. The molecule has 0 aliphatic carbocycles. The number of hydrogen-bond acceptors (Lipinski definition) is 5. The largest absolute Gasteiger partial charge is 0.480 e. The van der Waals surface area contributed by atoms with Gasteiger partial charge in [-0.2, -0.15) is 0 Å². The van der Waals surface area contributed by atoms with Crippen molar-refractivity contribution in [3.63, 3.8) is 0 Å². The van der Waals surface area contributed by atoms with Gasteiger partial charge in [0, 0.05) is 18.5 Å². The van der Waals surface area contributed by atoms with Crippen LogP contribution in [0, 0.1) is 0 Å². The summed E-state index contributed by atoms with van der Waals surface area (Å²) in [5.74, 6) is -1.43. The van der Waals surface area contributed by atoms with E-state index in [4.69, 9.17) is 5.11 Å². The second-order valence-corrected chi connectivity index (χ2v) is 7.61. The Morgan fingerprint density at radius 2 is 2.05 bits per heavy atom. The number of nitrogens with zero attached hydrogens (tertiary/aromatic N) is 1. The van der Waals surface area contributed by atoms with Gasteiger partial charge in [0.25, 0.3) is 5.91 Å². The van der Waals surface area contributed by atoms with Gasteiger partial charge in [-0.05, 0) is 25.5 Å². The summed E-state index contributed by atoms with van der Waals surface area (Å²) < 4.78 is 24.2. The normalized spacial score (nSPS) is 12.9. The van der Waals surface area contributed by atoms with Crippen molar-refractivity contribution in [3.05, 3.63) is 21.9 Å². The Morgan fingerprint density at radius 1 is 1.43 bits per heavy atom. The van der Waals surface area contributed by atoms with Crippen LogP contribution in [0.4, 0.5) is 0 Å². The van der Waals surface area contributed by atoms with Gasteiger partial charge >= 0.3 is 5.97 Å². The fourth-order valence-electron chi connectivity index (χ4n) is 1.50. The summed E-state index contributed by atoms with van der Waals surface area (Å²) in [5, 5.41) is 8.89. The van der Waals surface area contributed by atoms with E-state index >= 15 is 0 Å². The molecular weight excluding hydrogens is 316 g/mol. The molecule has 1 unspecified atom stereocenters. The zero-order valence-corrected chi connectivity index (χ0v) is 13.6. The van der Waals surface area contributed by atoms with E-state index < -0.39 is 22.0 Å². The van der Waals surface area contributed by atoms with Gasteiger partial charge in [0.2, 0.25) is 10.0 Å². The van der Waals surface area contributed by atoms with Crippen molar-refractivity contribution in [2.24, 2.45) is 0 Å². The second kappa shape index (κ2) is 7.01. The molecule has 0 saturated heterocycles. The highest BCUT2D eigenvalue weighted by Gasteiger charge is 2.23. The minimum absolute atomic E-state index is 0.258. The lowest BCUT2D eigenvalue weighted by Gasteiger charge is -2.20. The maximum absolute atomic E-state index is 12.1. The molecule has 0 spiro atoms. The molecule has 21 heavy (non-hydrogen) atoms. The standard InChI is InChI=1S/C12H18N2O5S2/c1-8(12(16)17)14(2)11(15)10-5-4-9(20-10)6-7-13-21(3,18)19/h4-5,8,13H,6-7H2,1-3H3,(H,16,17). The fourth-order valence-corrected chi connectivity index (χ4v) is 2.97. The fraction of sp³-hybridized carbons (Fsp3) is 0.500. The third-order valence-corrected chi connectivity index (χ3v) is 4.73. The maximum atomic E-state index is 12.1. The smallest absolute Gasteiger partial charge is 0.326 e. The highest BCUT2D eigenvalue weighted by molar-refractivity contribution is 7.88. The Morgan fingerprint density at radius 3 is 2.57 bits per heavy atom. The summed E-state index contributed by atoms with van der Waals surface area (Å²) in [6.45, 7) is 1.69. The van der Waals surface area contributed by atoms with Gasteiger partial charge in [0.15, 0.2) is 0 Å². The molecule has 1 amide bonds. The number of rotatable bonds is 7. The highest BCUT2D eigenvalue weighted by Crippen LogP contribution is 2.19. The molecule has 0 aliphatic rings. The molecule has 7 nitrogen and oxygen atoms in total. The van der Waals surface area contributed by atoms with Crippen molar-refractivity contribution in [2.75, 3.05) is 19.8 Å². The van der Waals surface area contributed by atoms with Crippen LogP contribution < -0.4 is 4.72 Å². The van der Waals surface area contributed by atoms with E-state index in [1.54, 1.807) is 12.1 Å². The van der Waals surface area contributed by atoms with Crippen LogP contribution in [-0.4, -0.2) is 56.2 Å². The number of carboxylic acids is 1. The maximum Gasteiger partial charge on any atom is 0.326 e. The Hall–Kier alpha value is -1.45. The summed E-state index contributed by atoms with van der Waals surface area (Å²) in [6.07, 6.45) is 1.56. The minimum atomic E-state index is -3.22. The van der Waals surface area contributed by atoms with E-state index in [-0.39, 0.29) is 12.5 Å². The summed E-state index contributed by atoms with van der Waals surface area (Å²) in [4.78, 5) is 25.4. The molecule has 1 aromatic heterocycles. The molecule has 0 radical (unpaired) electrons. The molecule has 118 valence electrons. The average molecular weight is 334 g/mol. The van der Waals surface area contributed by atoms with Gasteiger partial charge in [-0.3, -0.25) is 4.79 Å². The SMILES string of the molecule is CC(C(=O)O)N(C)C(=O)c1ccc(CCNS(C)(=O)=O)s1. The van der Waals surface area contributed by atoms with Crippen LogP contribution in [0.3, 0.4) is 0 Å². The molecule has 0 aliphatic heterocycles. The van der Waals surface area contributed by atoms with Gasteiger partial charge in [-0.1, -0.05) is 0 Å². The summed E-state index contributed by atoms with van der Waals surface area (Å²) in [6, 6.07) is 2.45. The van der Waals surface area contributed by atoms with Gasteiger partial charge in [-0.25, -0.2) is 17.9 Å². The van der Waals surface area contributed by atoms with Gasteiger partial charge < -0.3 is 10.0 Å². The predicted octanol–water partition coefficient (Wildman–Crippen LogP) is 0.385. The lowest BCUT2D eigenvalue weighted by Crippen LogP contribution is -2.39. The summed E-state index contributed by atoms with van der Waals surface area (Å²) in [7, 11) is -1.79. The summed E-state index contributed by atoms with van der Waals surface area (Å²) >= 11 is 1.23. The predicted molar refractivity (Wildman–Crippen MR) is 80.1 cm³/mol. The second-order valence-electron chi connectivity index (χ2n) is 4.61. The van der Waals surface area contributed by atoms with Crippen LogP contribution in [0.1, 0.15) is 21.5 Å². The number of sulfonamides is 1. The van der Waals surface area contributed by atoms with Crippen molar-refractivity contribution in [3.8, 4) is 0 Å². The van der Waals surface area contributed by atoms with E-state index in [1.165, 1.54) is 25.3 Å². The first-order valence-electron chi connectivity index (χ1n) is 6.15. The van der Waals surface area contributed by atoms with Crippen LogP contribution >= 0.6 is 11.3 Å². The van der Waals surface area contributed by atoms with E-state index in [1.807, 2.05) is 0 Å². The molecule has 9 heteroatoms. The Kier molecular flexibility index (Phi) is 5.87. The number of nitrogens with one attached hydrogen (secondary N) is 1. The molecule has 0 saturated carbocycles. The quantitative estimate of drug-likeness (QED) is 0.750. The number of carbonyl (C=O) groups excluding carboxylic acids is 1. The van der Waals surface area contributed by atoms with Crippen molar-refractivity contribution in [1.29, 1.82) is 0 Å². The van der Waals surface area contributed by atoms with Crippen molar-refractivity contribution in [2.45, 2.75) is 19.4 Å². The molecule has 0 fully saturated rings. The van der Waals surface area contributed by atoms with Crippen LogP contribution in [0.2, 0.25) is 0 Å². The Labute approximate surface area is 127 Å². The first kappa shape index (κ1) is 17.6. The van der Waals surface area contributed by atoms with Gasteiger partial charge in [-0.15, -0.1) is 11.3 Å². The Balaban J connectivity index is 2.66. The molecule has 0 bridgehead atoms. The lowest BCUT2D eigenvalue weighted by molar-refractivity contribution is -0.141. The van der Waals surface area contributed by atoms with E-state index in [2.05, 4.69) is 4.72 Å². The van der Waals surface area contributed by atoms with Crippen LogP contribution in [0.25, 0.3) is 0 Å². The number of hydrogen-bond donors (Lipinski definition) is 2. The molecule has 1 heterocycles. The summed E-state index contributed by atoms with van der Waals surface area (Å²) in [5.41, 5.74) is 0. The molecule has 0 aromatic carbocycles. The zero-order valence-electron chi connectivity index (χ0n) is 12.0. The van der Waals surface area contributed by atoms with Crippen molar-refractivity contribution >= 4 is 33.2 Å². The highest BCUT2D eigenvalue weighted by atomic mass is 32.2. The van der Waals surface area contributed by atoms with E-state index in [9.17, 15) is 18.0 Å². The van der Waals surface area contributed by atoms with Crippen molar-refractivity contribution in [1.82, 2.24) is 9.62 Å². The van der Waals surface area contributed by atoms with Crippen molar-refractivity contribution < 1.29 is 23.1 Å². The third kappa shape index (κ3) is 5.44. The van der Waals surface area contributed by atoms with Crippen LogP contribution in [0.5, 0.6) is 0 Å². The van der Waals surface area contributed by atoms with Gasteiger partial charge in [0.05, 0.1) is 11.1 Å². The molecule has 1 atom stereocenters. The van der Waals surface area contributed by atoms with Crippen LogP contribution in [0.15, 0.2) is 12.1 Å². The number of carbonyl (C=O) groups is 2. The average Bonchev–Trinajstić information content (AvgIpc) is 2.83. The number of aliphatic carboxylic acids is 1. The van der Waals surface area contributed by atoms with E-state index in [0.29, 0.717) is 11.3 Å². The first-order chi connectivity index (χ1) is 9.61. The minimum Gasteiger partial charge on any atom is -0.480 e.